The molecule has 22 heteroatoms. The third-order valence-corrected chi connectivity index (χ3v) is 9.97. The van der Waals surface area contributed by atoms with E-state index in [1.54, 1.807) is 51.1 Å². The molecule has 0 bridgehead atoms. The van der Waals surface area contributed by atoms with Gasteiger partial charge in [0.05, 0.1) is 62.8 Å². The second kappa shape index (κ2) is 31.9. The van der Waals surface area contributed by atoms with Gasteiger partial charge < -0.3 is 60.4 Å². The van der Waals surface area contributed by atoms with Gasteiger partial charge in [0.15, 0.2) is 6.61 Å². The lowest BCUT2D eigenvalue weighted by Gasteiger charge is -2.26. The molecule has 0 saturated carbocycles. The minimum atomic E-state index is -1.06. The number of unbranched alkanes of at least 4 members (excludes halogenated alkanes) is 2. The summed E-state index contributed by atoms with van der Waals surface area (Å²) in [6.07, 6.45) is 4.09. The lowest BCUT2D eigenvalue weighted by molar-refractivity contribution is -0.159. The van der Waals surface area contributed by atoms with Gasteiger partial charge in [0.25, 0.3) is 17.7 Å². The number of pyridine rings is 1. The zero-order chi connectivity index (χ0) is 52.0. The highest BCUT2D eigenvalue weighted by Gasteiger charge is 2.30. The summed E-state index contributed by atoms with van der Waals surface area (Å²) in [5, 5.41) is 25.7. The molecule has 1 heterocycles. The predicted molar refractivity (Wildman–Crippen MR) is 255 cm³/mol. The van der Waals surface area contributed by atoms with E-state index in [1.165, 1.54) is 19.2 Å². The molecule has 3 rings (SSSR count). The van der Waals surface area contributed by atoms with Crippen molar-refractivity contribution >= 4 is 58.6 Å². The summed E-state index contributed by atoms with van der Waals surface area (Å²) < 4.78 is 41.4. The number of rotatable bonds is 33. The second-order valence-corrected chi connectivity index (χ2v) is 16.9. The van der Waals surface area contributed by atoms with E-state index in [-0.39, 0.29) is 108 Å². The van der Waals surface area contributed by atoms with Crippen molar-refractivity contribution in [1.29, 1.82) is 5.26 Å². The van der Waals surface area contributed by atoms with Crippen molar-refractivity contribution in [3.05, 3.63) is 71.2 Å². The van der Waals surface area contributed by atoms with Crippen LogP contribution >= 0.6 is 0 Å². The Morgan fingerprint density at radius 3 is 2.10 bits per heavy atom. The molecule has 6 N–H and O–H groups in total. The largest absolute Gasteiger partial charge is 0.484 e. The van der Waals surface area contributed by atoms with Crippen LogP contribution in [0.1, 0.15) is 98.9 Å². The van der Waals surface area contributed by atoms with Gasteiger partial charge in [0.2, 0.25) is 17.7 Å². The molecule has 0 saturated heterocycles. The molecule has 0 aliphatic rings. The van der Waals surface area contributed by atoms with E-state index in [9.17, 15) is 42.7 Å². The molecule has 0 fully saturated rings. The molecule has 6 amide bonds. The van der Waals surface area contributed by atoms with Crippen molar-refractivity contribution in [2.75, 3.05) is 72.4 Å². The minimum Gasteiger partial charge on any atom is -0.484 e. The van der Waals surface area contributed by atoms with E-state index in [0.29, 0.717) is 60.7 Å². The van der Waals surface area contributed by atoms with E-state index in [1.807, 2.05) is 0 Å². The van der Waals surface area contributed by atoms with Crippen molar-refractivity contribution in [3.8, 4) is 11.8 Å². The summed E-state index contributed by atoms with van der Waals surface area (Å²) >= 11 is 0. The highest BCUT2D eigenvalue weighted by molar-refractivity contribution is 6.06. The Morgan fingerprint density at radius 2 is 1.42 bits per heavy atom. The number of halogens is 1. The van der Waals surface area contributed by atoms with Crippen molar-refractivity contribution in [2.45, 2.75) is 90.3 Å². The maximum atomic E-state index is 13.7. The van der Waals surface area contributed by atoms with Crippen LogP contribution in [0.3, 0.4) is 0 Å². The zero-order valence-corrected chi connectivity index (χ0v) is 40.7. The summed E-state index contributed by atoms with van der Waals surface area (Å²) in [5.74, 6) is -3.60. The van der Waals surface area contributed by atoms with Crippen molar-refractivity contribution in [1.82, 2.24) is 36.9 Å². The number of hydrogen-bond donors (Lipinski definition) is 6. The Morgan fingerprint density at radius 1 is 0.746 bits per heavy atom. The fraction of sp³-hybridized carbons (Fsp3) is 0.510. The van der Waals surface area contributed by atoms with E-state index in [4.69, 9.17) is 28.9 Å². The van der Waals surface area contributed by atoms with Crippen molar-refractivity contribution < 1.29 is 66.4 Å². The van der Waals surface area contributed by atoms with E-state index in [0.717, 1.165) is 12.1 Å². The molecular formula is C49H65FN8O13. The zero-order valence-electron chi connectivity index (χ0n) is 40.7. The fourth-order valence-corrected chi connectivity index (χ4v) is 6.51. The number of nitrogens with one attached hydrogen (secondary N) is 6. The van der Waals surface area contributed by atoms with Crippen LogP contribution in [0.4, 0.5) is 4.39 Å². The summed E-state index contributed by atoms with van der Waals surface area (Å²) in [5.41, 5.74) is -0.162. The van der Waals surface area contributed by atoms with E-state index >= 15 is 0 Å². The van der Waals surface area contributed by atoms with Gasteiger partial charge in [-0.1, -0.05) is 0 Å². The first-order chi connectivity index (χ1) is 34.0. The molecule has 2 aromatic carbocycles. The molecule has 2 atom stereocenters. The molecular weight excluding hydrogens is 928 g/mol. The maximum absolute atomic E-state index is 13.7. The number of carbonyl (C=O) groups excluding carboxylic acids is 8. The number of nitriles is 1. The van der Waals surface area contributed by atoms with Crippen molar-refractivity contribution in [2.24, 2.45) is 0 Å². The minimum absolute atomic E-state index is 0.0159. The second-order valence-electron chi connectivity index (χ2n) is 16.9. The normalized spacial score (nSPS) is 11.8. The molecule has 0 spiro atoms. The van der Waals surface area contributed by atoms with E-state index in [2.05, 4.69) is 36.9 Å². The number of aromatic nitrogens is 1. The Labute approximate surface area is 412 Å². The molecule has 71 heavy (non-hydrogen) atoms. The molecule has 1 aromatic heterocycles. The molecule has 0 aliphatic carbocycles. The highest BCUT2D eigenvalue weighted by atomic mass is 19.1. The monoisotopic (exact) mass is 992 g/mol. The first kappa shape index (κ1) is 58.2. The number of ether oxygens (including phenoxy) is 5. The van der Waals surface area contributed by atoms with Gasteiger partial charge in [-0.15, -0.1) is 0 Å². The standard InChI is InChI=1S/C49H65FN8O13/c1-33(60)52-17-7-6-10-41(48(66)71-49(2,3)4)58-47(65)40(9-5-8-18-55-45(63)34-11-14-39(50)35(29-34)31-51)57-43(61)16-23-67-25-27-69-28-26-68-24-21-54-44(62)32-70-36-12-13-37-38(46(64)56-20-22-59)15-19-53-42(37)30-36/h11-15,19,22,29-30,40-41H,5-10,16-18,20-21,23-28,32H2,1-4H3,(H,52,60)(H,54,62)(H,55,63)(H,56,64)(H,57,61)(H,58,65). The van der Waals surface area contributed by atoms with Crippen LogP contribution in [-0.4, -0.2) is 143 Å². The van der Waals surface area contributed by atoms with Crippen LogP contribution in [0, 0.1) is 17.1 Å². The average Bonchev–Trinajstić information content (AvgIpc) is 3.33. The Hall–Kier alpha value is -7.09. The number of hydrogen-bond acceptors (Lipinski definition) is 15. The SMILES string of the molecule is CC(=O)NCCCCC(NC(=O)C(CCCCNC(=O)c1ccc(F)c(C#N)c1)NC(=O)CCOCCOCCOCCNC(=O)COc1ccc2c(C(=O)NCC=O)ccnc2c1)C(=O)OC(C)(C)C. The smallest absolute Gasteiger partial charge is 0.329 e. The fourth-order valence-electron chi connectivity index (χ4n) is 6.51. The van der Waals surface area contributed by atoms with Crippen LogP contribution in [0.2, 0.25) is 0 Å². The summed E-state index contributed by atoms with van der Waals surface area (Å²) in [6, 6.07) is 9.45. The number of amides is 6. The lowest BCUT2D eigenvalue weighted by Crippen LogP contribution is -2.52. The molecule has 0 aliphatic heterocycles. The van der Waals surface area contributed by atoms with Crippen LogP contribution in [0.5, 0.6) is 5.75 Å². The van der Waals surface area contributed by atoms with Crippen LogP contribution in [0.15, 0.2) is 48.7 Å². The Balaban J connectivity index is 1.38. The molecule has 2 unspecified atom stereocenters. The topological polar surface area (TPSA) is 292 Å². The maximum Gasteiger partial charge on any atom is 0.329 e. The van der Waals surface area contributed by atoms with Gasteiger partial charge in [-0.3, -0.25) is 33.8 Å². The Kier molecular flexibility index (Phi) is 26.2. The number of aldehydes is 1. The number of fused-ring (bicyclic) bond motifs is 1. The predicted octanol–water partition coefficient (Wildman–Crippen LogP) is 2.33. The van der Waals surface area contributed by atoms with Gasteiger partial charge in [0.1, 0.15) is 41.6 Å². The summed E-state index contributed by atoms with van der Waals surface area (Å²) in [4.78, 5) is 103. The lowest BCUT2D eigenvalue weighted by atomic mass is 10.1. The molecule has 386 valence electrons. The molecule has 0 radical (unpaired) electrons. The van der Waals surface area contributed by atoms with Gasteiger partial charge in [0, 0.05) is 56.2 Å². The van der Waals surface area contributed by atoms with Gasteiger partial charge in [-0.05, 0) is 95.7 Å². The van der Waals surface area contributed by atoms with Gasteiger partial charge in [-0.2, -0.15) is 5.26 Å². The van der Waals surface area contributed by atoms with Crippen molar-refractivity contribution in [3.63, 3.8) is 0 Å². The number of nitrogens with zero attached hydrogens (tertiary/aromatic N) is 2. The summed E-state index contributed by atoms with van der Waals surface area (Å²) in [6.45, 7) is 8.01. The molecule has 21 nitrogen and oxygen atoms in total. The highest BCUT2D eigenvalue weighted by Crippen LogP contribution is 2.22. The third kappa shape index (κ3) is 23.4. The average molecular weight is 993 g/mol. The van der Waals surface area contributed by atoms with Crippen LogP contribution in [0.25, 0.3) is 10.9 Å². The Bertz CT molecular complexity index is 2300. The number of benzene rings is 2. The summed E-state index contributed by atoms with van der Waals surface area (Å²) in [7, 11) is 0. The molecule has 3 aromatic rings. The van der Waals surface area contributed by atoms with Gasteiger partial charge in [-0.25, -0.2) is 9.18 Å². The van der Waals surface area contributed by atoms with Crippen LogP contribution in [-0.2, 0) is 47.7 Å². The first-order valence-electron chi connectivity index (χ1n) is 23.3. The van der Waals surface area contributed by atoms with Crippen LogP contribution < -0.4 is 36.6 Å². The third-order valence-electron chi connectivity index (χ3n) is 9.97. The quantitative estimate of drug-likeness (QED) is 0.0290. The number of esters is 1. The number of carbonyl (C=O) groups is 8. The van der Waals surface area contributed by atoms with E-state index < -0.39 is 53.1 Å². The van der Waals surface area contributed by atoms with Gasteiger partial charge >= 0.3 is 5.97 Å². The first-order valence-corrected chi connectivity index (χ1v) is 23.3.